The van der Waals surface area contributed by atoms with E-state index in [0.717, 1.165) is 23.3 Å². The first kappa shape index (κ1) is 16.8. The van der Waals surface area contributed by atoms with Gasteiger partial charge in [-0.25, -0.2) is 0 Å². The Morgan fingerprint density at radius 2 is 2.10 bits per heavy atom. The molecular weight excluding hydrogens is 328 g/mol. The molecule has 21 heavy (non-hydrogen) atoms. The van der Waals surface area contributed by atoms with Gasteiger partial charge in [0.05, 0.1) is 13.2 Å². The molecule has 1 atom stereocenters. The van der Waals surface area contributed by atoms with Gasteiger partial charge in [0.25, 0.3) is 0 Å². The van der Waals surface area contributed by atoms with Crippen LogP contribution in [0.25, 0.3) is 0 Å². The molecule has 118 valence electrons. The minimum absolute atomic E-state index is 0.228. The van der Waals surface area contributed by atoms with Crippen molar-refractivity contribution in [1.29, 1.82) is 0 Å². The fraction of sp³-hybridized carbons (Fsp3) is 0.647. The molecule has 0 radical (unpaired) electrons. The van der Waals surface area contributed by atoms with Gasteiger partial charge in [0.2, 0.25) is 0 Å². The van der Waals surface area contributed by atoms with Gasteiger partial charge in [0.1, 0.15) is 5.75 Å². The maximum Gasteiger partial charge on any atom is 0.123 e. The predicted octanol–water partition coefficient (Wildman–Crippen LogP) is 3.97. The topological polar surface area (TPSA) is 38.5 Å². The highest BCUT2D eigenvalue weighted by atomic mass is 79.9. The summed E-state index contributed by atoms with van der Waals surface area (Å²) < 4.78 is 6.62. The second-order valence-electron chi connectivity index (χ2n) is 6.69. The summed E-state index contributed by atoms with van der Waals surface area (Å²) in [4.78, 5) is 2.53. The summed E-state index contributed by atoms with van der Waals surface area (Å²) in [7, 11) is 1.73. The van der Waals surface area contributed by atoms with Gasteiger partial charge in [-0.15, -0.1) is 0 Å². The molecule has 1 aliphatic heterocycles. The molecule has 0 bridgehead atoms. The number of hydrogen-bond donors (Lipinski definition) is 1. The number of halogens is 1. The Hall–Kier alpha value is -0.580. The van der Waals surface area contributed by atoms with Crippen molar-refractivity contribution < 1.29 is 4.74 Å². The zero-order chi connectivity index (χ0) is 15.5. The number of benzene rings is 1. The summed E-state index contributed by atoms with van der Waals surface area (Å²) in [6.45, 7) is 7.57. The lowest BCUT2D eigenvalue weighted by Gasteiger charge is -2.31. The molecular formula is C17H27BrN2O. The molecule has 0 aliphatic carbocycles. The summed E-state index contributed by atoms with van der Waals surface area (Å²) >= 11 is 3.57. The van der Waals surface area contributed by atoms with Crippen LogP contribution in [0, 0.1) is 5.41 Å². The van der Waals surface area contributed by atoms with E-state index in [-0.39, 0.29) is 6.04 Å². The third kappa shape index (κ3) is 4.21. The highest BCUT2D eigenvalue weighted by Crippen LogP contribution is 2.36. The van der Waals surface area contributed by atoms with Gasteiger partial charge in [-0.2, -0.15) is 0 Å². The first-order chi connectivity index (χ1) is 9.96. The molecule has 0 saturated carbocycles. The van der Waals surface area contributed by atoms with Gasteiger partial charge in [-0.05, 0) is 56.0 Å². The first-order valence-electron chi connectivity index (χ1n) is 7.74. The van der Waals surface area contributed by atoms with Gasteiger partial charge >= 0.3 is 0 Å². The Kier molecular flexibility index (Phi) is 5.69. The van der Waals surface area contributed by atoms with Crippen LogP contribution in [0.3, 0.4) is 0 Å². The molecule has 2 rings (SSSR count). The minimum atomic E-state index is 0.228. The lowest BCUT2D eigenvalue weighted by atomic mass is 9.85. The van der Waals surface area contributed by atoms with E-state index in [1.54, 1.807) is 7.11 Å². The molecule has 1 heterocycles. The number of hydrogen-bond acceptors (Lipinski definition) is 3. The average Bonchev–Trinajstić information content (AvgIpc) is 2.62. The van der Waals surface area contributed by atoms with E-state index in [9.17, 15) is 0 Å². The molecule has 0 amide bonds. The summed E-state index contributed by atoms with van der Waals surface area (Å²) in [5.41, 5.74) is 7.74. The average molecular weight is 355 g/mol. The van der Waals surface area contributed by atoms with Crippen LogP contribution in [0.4, 0.5) is 0 Å². The van der Waals surface area contributed by atoms with Gasteiger partial charge in [-0.3, -0.25) is 4.90 Å². The second kappa shape index (κ2) is 7.12. The van der Waals surface area contributed by atoms with Crippen LogP contribution in [0.5, 0.6) is 5.75 Å². The highest BCUT2D eigenvalue weighted by Gasteiger charge is 2.28. The van der Waals surface area contributed by atoms with Gasteiger partial charge in [-0.1, -0.05) is 29.8 Å². The third-order valence-electron chi connectivity index (χ3n) is 4.59. The van der Waals surface area contributed by atoms with E-state index in [4.69, 9.17) is 10.5 Å². The zero-order valence-corrected chi connectivity index (χ0v) is 14.9. The molecule has 1 fully saturated rings. The Morgan fingerprint density at radius 3 is 2.76 bits per heavy atom. The maximum absolute atomic E-state index is 6.12. The SMILES string of the molecule is COc1ccc(Br)cc1C(CN)N1CCCC(C)(C)CC1. The van der Waals surface area contributed by atoms with E-state index in [1.165, 1.54) is 24.8 Å². The highest BCUT2D eigenvalue weighted by molar-refractivity contribution is 9.10. The van der Waals surface area contributed by atoms with E-state index in [2.05, 4.69) is 40.7 Å². The van der Waals surface area contributed by atoms with Crippen LogP contribution in [0.2, 0.25) is 0 Å². The summed E-state index contributed by atoms with van der Waals surface area (Å²) in [5.74, 6) is 0.928. The van der Waals surface area contributed by atoms with Gasteiger partial charge in [0.15, 0.2) is 0 Å². The number of likely N-dealkylation sites (tertiary alicyclic amines) is 1. The molecule has 0 spiro atoms. The molecule has 1 aliphatic rings. The van der Waals surface area contributed by atoms with E-state index >= 15 is 0 Å². The molecule has 4 heteroatoms. The summed E-state index contributed by atoms with van der Waals surface area (Å²) in [6, 6.07) is 6.41. The molecule has 2 N–H and O–H groups in total. The number of rotatable bonds is 4. The number of nitrogens with zero attached hydrogens (tertiary/aromatic N) is 1. The first-order valence-corrected chi connectivity index (χ1v) is 8.54. The quantitative estimate of drug-likeness (QED) is 0.888. The standard InChI is InChI=1S/C17H27BrN2O/c1-17(2)7-4-9-20(10-8-17)15(12-19)14-11-13(18)5-6-16(14)21-3/h5-6,11,15H,4,7-10,12,19H2,1-3H3. The fourth-order valence-corrected chi connectivity index (χ4v) is 3.57. The zero-order valence-electron chi connectivity index (χ0n) is 13.4. The van der Waals surface area contributed by atoms with Crippen LogP contribution < -0.4 is 10.5 Å². The maximum atomic E-state index is 6.12. The molecule has 1 unspecified atom stereocenters. The summed E-state index contributed by atoms with van der Waals surface area (Å²) in [6.07, 6.45) is 3.75. The Morgan fingerprint density at radius 1 is 1.33 bits per heavy atom. The van der Waals surface area contributed by atoms with Crippen molar-refractivity contribution in [3.8, 4) is 5.75 Å². The molecule has 0 aromatic heterocycles. The van der Waals surface area contributed by atoms with E-state index < -0.39 is 0 Å². The van der Waals surface area contributed by atoms with Crippen LogP contribution in [-0.2, 0) is 0 Å². The number of methoxy groups -OCH3 is 1. The molecule has 1 aromatic rings. The minimum Gasteiger partial charge on any atom is -0.496 e. The number of ether oxygens (including phenoxy) is 1. The third-order valence-corrected chi connectivity index (χ3v) is 5.08. The van der Waals surface area contributed by atoms with Crippen molar-refractivity contribution in [3.63, 3.8) is 0 Å². The van der Waals surface area contributed by atoms with Crippen LogP contribution in [0.15, 0.2) is 22.7 Å². The van der Waals surface area contributed by atoms with Crippen molar-refractivity contribution in [1.82, 2.24) is 4.90 Å². The van der Waals surface area contributed by atoms with Crippen LogP contribution in [0.1, 0.15) is 44.7 Å². The van der Waals surface area contributed by atoms with Crippen molar-refractivity contribution in [2.24, 2.45) is 11.1 Å². The molecule has 1 aromatic carbocycles. The second-order valence-corrected chi connectivity index (χ2v) is 7.61. The predicted molar refractivity (Wildman–Crippen MR) is 91.7 cm³/mol. The van der Waals surface area contributed by atoms with Gasteiger partial charge < -0.3 is 10.5 Å². The van der Waals surface area contributed by atoms with Gasteiger partial charge in [0, 0.05) is 16.6 Å². The van der Waals surface area contributed by atoms with E-state index in [0.29, 0.717) is 12.0 Å². The molecule has 3 nitrogen and oxygen atoms in total. The van der Waals surface area contributed by atoms with Crippen molar-refractivity contribution in [2.45, 2.75) is 39.2 Å². The van der Waals surface area contributed by atoms with Crippen LogP contribution >= 0.6 is 15.9 Å². The largest absolute Gasteiger partial charge is 0.496 e. The van der Waals surface area contributed by atoms with E-state index in [1.807, 2.05) is 12.1 Å². The summed E-state index contributed by atoms with van der Waals surface area (Å²) in [5, 5.41) is 0. The monoisotopic (exact) mass is 354 g/mol. The fourth-order valence-electron chi connectivity index (χ4n) is 3.19. The lowest BCUT2D eigenvalue weighted by molar-refractivity contribution is 0.196. The number of nitrogens with two attached hydrogens (primary N) is 1. The Labute approximate surface area is 137 Å². The van der Waals surface area contributed by atoms with Crippen molar-refractivity contribution in [3.05, 3.63) is 28.2 Å². The normalized spacial score (nSPS) is 20.8. The molecule has 1 saturated heterocycles. The Bertz CT molecular complexity index is 476. The van der Waals surface area contributed by atoms with Crippen LogP contribution in [-0.4, -0.2) is 31.6 Å². The lowest BCUT2D eigenvalue weighted by Crippen LogP contribution is -2.35. The van der Waals surface area contributed by atoms with Crippen molar-refractivity contribution >= 4 is 15.9 Å². The smallest absolute Gasteiger partial charge is 0.123 e. The Balaban J connectivity index is 2.25. The van der Waals surface area contributed by atoms with Crippen molar-refractivity contribution in [2.75, 3.05) is 26.7 Å².